The van der Waals surface area contributed by atoms with Gasteiger partial charge in [0.25, 0.3) is 0 Å². The first-order chi connectivity index (χ1) is 13.7. The summed E-state index contributed by atoms with van der Waals surface area (Å²) in [5.41, 5.74) is 0. The minimum absolute atomic E-state index is 0.0162. The van der Waals surface area contributed by atoms with Crippen molar-refractivity contribution in [2.24, 2.45) is 0 Å². The molecule has 140 valence electrons. The number of rotatable bonds is 4. The Morgan fingerprint density at radius 2 is 1.21 bits per heavy atom. The molecule has 4 rings (SSSR count). The van der Waals surface area contributed by atoms with Crippen molar-refractivity contribution in [3.63, 3.8) is 0 Å². The van der Waals surface area contributed by atoms with Crippen LogP contribution in [0.25, 0.3) is 0 Å². The molecule has 28 heavy (non-hydrogen) atoms. The van der Waals surface area contributed by atoms with Crippen LogP contribution in [0.4, 0.5) is 0 Å². The molecule has 3 aromatic carbocycles. The Kier molecular flexibility index (Phi) is 7.31. The SMILES string of the molecule is CC(=O)Oc1nnn[nH]1.c1cc[c]([SnH]([c]2ccccc2)[c]2ccccc2)cc1. The number of nitrogens with one attached hydrogen (secondary N) is 1. The van der Waals surface area contributed by atoms with E-state index in [1.165, 1.54) is 6.92 Å². The molecule has 0 unspecified atom stereocenters. The molecular weight excluding hydrogens is 459 g/mol. The molecule has 0 aliphatic rings. The maximum absolute atomic E-state index is 10.2. The van der Waals surface area contributed by atoms with Gasteiger partial charge in [0.2, 0.25) is 0 Å². The molecule has 0 atom stereocenters. The monoisotopic (exact) mass is 480 g/mol. The summed E-state index contributed by atoms with van der Waals surface area (Å²) in [7, 11) is 0. The maximum atomic E-state index is 10.2. The van der Waals surface area contributed by atoms with Crippen molar-refractivity contribution in [2.75, 3.05) is 0 Å². The number of benzene rings is 3. The molecule has 1 aromatic heterocycles. The fraction of sp³-hybridized carbons (Fsp3) is 0.0476. The van der Waals surface area contributed by atoms with Crippen molar-refractivity contribution < 1.29 is 9.53 Å². The summed E-state index contributed by atoms with van der Waals surface area (Å²) in [4.78, 5) is 10.2. The third-order valence-electron chi connectivity index (χ3n) is 3.97. The first-order valence-corrected chi connectivity index (χ1v) is 13.8. The zero-order valence-corrected chi connectivity index (χ0v) is 18.7. The Bertz CT molecular complexity index is 871. The Labute approximate surface area is 170 Å². The number of carbonyl (C=O) groups excluding carboxylic acids is 1. The molecule has 0 saturated carbocycles. The molecule has 0 spiro atoms. The summed E-state index contributed by atoms with van der Waals surface area (Å²) in [5.74, 6) is -0.450. The topological polar surface area (TPSA) is 80.8 Å². The minimum atomic E-state index is -2.14. The van der Waals surface area contributed by atoms with Crippen molar-refractivity contribution in [1.82, 2.24) is 20.6 Å². The number of esters is 1. The quantitative estimate of drug-likeness (QED) is 0.350. The number of ether oxygens (including phenoxy) is 1. The number of nitrogens with zero attached hydrogens (tertiary/aromatic N) is 3. The summed E-state index contributed by atoms with van der Waals surface area (Å²) >= 11 is -2.14. The number of hydrogen-bond donors (Lipinski definition) is 1. The van der Waals surface area contributed by atoms with Gasteiger partial charge in [0.1, 0.15) is 0 Å². The Morgan fingerprint density at radius 3 is 1.54 bits per heavy atom. The molecule has 1 heterocycles. The molecule has 0 bridgehead atoms. The van der Waals surface area contributed by atoms with E-state index in [1.807, 2.05) is 0 Å². The Balaban J connectivity index is 0.000000211. The summed E-state index contributed by atoms with van der Waals surface area (Å²) in [5, 5.41) is 11.9. The summed E-state index contributed by atoms with van der Waals surface area (Å²) in [6, 6.07) is 33.0. The number of tetrazole rings is 1. The Hall–Kier alpha value is -3.00. The predicted octanol–water partition coefficient (Wildman–Crippen LogP) is 1.06. The zero-order chi connectivity index (χ0) is 19.6. The van der Waals surface area contributed by atoms with Crippen molar-refractivity contribution in [2.45, 2.75) is 6.92 Å². The fourth-order valence-electron chi connectivity index (χ4n) is 2.84. The van der Waals surface area contributed by atoms with Gasteiger partial charge in [-0.25, -0.2) is 5.10 Å². The molecule has 0 aliphatic carbocycles. The van der Waals surface area contributed by atoms with Gasteiger partial charge in [0, 0.05) is 6.92 Å². The average Bonchev–Trinajstić information content (AvgIpc) is 3.24. The molecule has 0 aliphatic heterocycles. The Morgan fingerprint density at radius 1 is 0.786 bits per heavy atom. The van der Waals surface area contributed by atoms with Gasteiger partial charge in [0.15, 0.2) is 0 Å². The second kappa shape index (κ2) is 10.4. The summed E-state index contributed by atoms with van der Waals surface area (Å²) in [6.45, 7) is 1.27. The first kappa shape index (κ1) is 19.8. The van der Waals surface area contributed by atoms with Crippen LogP contribution in [0.1, 0.15) is 6.92 Å². The van der Waals surface area contributed by atoms with E-state index >= 15 is 0 Å². The molecule has 0 radical (unpaired) electrons. The van der Waals surface area contributed by atoms with Gasteiger partial charge in [0.05, 0.1) is 0 Å². The molecule has 7 heteroatoms. The van der Waals surface area contributed by atoms with Crippen molar-refractivity contribution in [1.29, 1.82) is 0 Å². The third kappa shape index (κ3) is 5.75. The van der Waals surface area contributed by atoms with E-state index in [2.05, 4.69) is 116 Å². The van der Waals surface area contributed by atoms with Crippen LogP contribution in [0.3, 0.4) is 0 Å². The normalized spacial score (nSPS) is 10.1. The van der Waals surface area contributed by atoms with E-state index in [1.54, 1.807) is 10.7 Å². The van der Waals surface area contributed by atoms with Crippen LogP contribution in [-0.2, 0) is 4.79 Å². The zero-order valence-electron chi connectivity index (χ0n) is 15.4. The van der Waals surface area contributed by atoms with Crippen LogP contribution in [0, 0.1) is 0 Å². The molecule has 0 amide bonds. The standard InChI is InChI=1S/3C6H5.C3H4N4O2.Sn.H/c3*1-2-4-6-5-3-1;1-2(8)9-3-4-6-7-5-3;;/h3*1-5H;1H3,(H,4,5,6,7);;. The van der Waals surface area contributed by atoms with Crippen LogP contribution in [0.5, 0.6) is 6.01 Å². The van der Waals surface area contributed by atoms with E-state index < -0.39 is 25.7 Å². The van der Waals surface area contributed by atoms with Gasteiger partial charge in [-0.2, -0.15) is 0 Å². The summed E-state index contributed by atoms with van der Waals surface area (Å²) in [6.07, 6.45) is 0. The third-order valence-corrected chi connectivity index (χ3v) is 13.0. The number of H-pyrrole nitrogens is 1. The number of carbonyl (C=O) groups is 1. The summed E-state index contributed by atoms with van der Waals surface area (Å²) < 4.78 is 9.05. The van der Waals surface area contributed by atoms with Crippen LogP contribution in [0.15, 0.2) is 91.0 Å². The van der Waals surface area contributed by atoms with Crippen LogP contribution < -0.4 is 15.5 Å². The molecule has 0 fully saturated rings. The van der Waals surface area contributed by atoms with Crippen molar-refractivity contribution in [3.05, 3.63) is 91.0 Å². The van der Waals surface area contributed by atoms with Crippen molar-refractivity contribution in [3.8, 4) is 6.01 Å². The van der Waals surface area contributed by atoms with E-state index in [-0.39, 0.29) is 6.01 Å². The van der Waals surface area contributed by atoms with Crippen LogP contribution >= 0.6 is 0 Å². The van der Waals surface area contributed by atoms with Gasteiger partial charge in [-0.3, -0.25) is 4.79 Å². The fourth-order valence-corrected chi connectivity index (χ4v) is 11.3. The van der Waals surface area contributed by atoms with Gasteiger partial charge < -0.3 is 4.74 Å². The average molecular weight is 479 g/mol. The van der Waals surface area contributed by atoms with Gasteiger partial charge in [-0.05, 0) is 10.4 Å². The molecule has 1 N–H and O–H groups in total. The van der Waals surface area contributed by atoms with Gasteiger partial charge in [-0.15, -0.1) is 0 Å². The second-order valence-electron chi connectivity index (χ2n) is 5.97. The molecule has 4 aromatic rings. The van der Waals surface area contributed by atoms with E-state index in [0.717, 1.165) is 0 Å². The van der Waals surface area contributed by atoms with Crippen LogP contribution in [-0.4, -0.2) is 46.4 Å². The van der Waals surface area contributed by atoms with Crippen molar-refractivity contribution >= 4 is 36.5 Å². The first-order valence-electron chi connectivity index (χ1n) is 8.81. The van der Waals surface area contributed by atoms with Gasteiger partial charge >= 0.3 is 133 Å². The molecular formula is C21H20N4O2Sn. The van der Waals surface area contributed by atoms with E-state index in [4.69, 9.17) is 0 Å². The number of aromatic amines is 1. The second-order valence-corrected chi connectivity index (χ2v) is 14.1. The number of hydrogen-bond acceptors (Lipinski definition) is 5. The molecule has 0 saturated heterocycles. The van der Waals surface area contributed by atoms with E-state index in [9.17, 15) is 4.79 Å². The van der Waals surface area contributed by atoms with E-state index in [0.29, 0.717) is 0 Å². The van der Waals surface area contributed by atoms with Crippen LogP contribution in [0.2, 0.25) is 0 Å². The number of aromatic nitrogens is 4. The predicted molar refractivity (Wildman–Crippen MR) is 111 cm³/mol. The van der Waals surface area contributed by atoms with Gasteiger partial charge in [-0.1, -0.05) is 5.10 Å². The molecule has 6 nitrogen and oxygen atoms in total.